The van der Waals surface area contributed by atoms with Crippen molar-refractivity contribution in [1.29, 1.82) is 0 Å². The maximum Gasteiger partial charge on any atom is 0.161 e. The van der Waals surface area contributed by atoms with Crippen LogP contribution in [0.2, 0.25) is 0 Å². The first-order valence-corrected chi connectivity index (χ1v) is 11.0. The van der Waals surface area contributed by atoms with Gasteiger partial charge in [0.15, 0.2) is 11.5 Å². The Hall–Kier alpha value is -2.28. The summed E-state index contributed by atoms with van der Waals surface area (Å²) in [5.74, 6) is 1.50. The Morgan fingerprint density at radius 3 is 2.45 bits per heavy atom. The molecule has 2 aromatic carbocycles. The lowest BCUT2D eigenvalue weighted by atomic mass is 9.93. The van der Waals surface area contributed by atoms with E-state index in [2.05, 4.69) is 40.1 Å². The molecule has 4 rings (SSSR count). The van der Waals surface area contributed by atoms with Gasteiger partial charge in [0, 0.05) is 38.0 Å². The molecule has 6 heteroatoms. The van der Waals surface area contributed by atoms with Crippen LogP contribution in [0.15, 0.2) is 36.4 Å². The van der Waals surface area contributed by atoms with Gasteiger partial charge in [-0.1, -0.05) is 12.1 Å². The number of hydrogen-bond acceptors (Lipinski definition) is 6. The number of methoxy groups -OCH3 is 2. The first-order valence-electron chi connectivity index (χ1n) is 11.0. The van der Waals surface area contributed by atoms with Gasteiger partial charge in [0.1, 0.15) is 0 Å². The van der Waals surface area contributed by atoms with Crippen molar-refractivity contribution >= 4 is 5.69 Å². The Balaban J connectivity index is 1.63. The minimum absolute atomic E-state index is 0.466. The minimum atomic E-state index is -0.857. The second-order valence-corrected chi connectivity index (χ2v) is 9.03. The van der Waals surface area contributed by atoms with Crippen LogP contribution in [-0.2, 0) is 23.4 Å². The highest BCUT2D eigenvalue weighted by Gasteiger charge is 2.30. The third-order valence-electron chi connectivity index (χ3n) is 6.33. The van der Waals surface area contributed by atoms with Gasteiger partial charge in [0.05, 0.1) is 26.5 Å². The molecule has 2 aromatic rings. The number of ether oxygens (including phenoxy) is 3. The molecule has 1 fully saturated rings. The summed E-state index contributed by atoms with van der Waals surface area (Å²) in [5, 5.41) is 10.5. The summed E-state index contributed by atoms with van der Waals surface area (Å²) in [6.07, 6.45) is 2.08. The fraction of sp³-hybridized carbons (Fsp3) is 0.520. The largest absolute Gasteiger partial charge is 0.493 e. The van der Waals surface area contributed by atoms with E-state index < -0.39 is 5.60 Å². The van der Waals surface area contributed by atoms with Crippen LogP contribution in [0.5, 0.6) is 11.5 Å². The van der Waals surface area contributed by atoms with Crippen molar-refractivity contribution in [3.63, 3.8) is 0 Å². The fourth-order valence-corrected chi connectivity index (χ4v) is 4.61. The van der Waals surface area contributed by atoms with Crippen molar-refractivity contribution in [2.24, 2.45) is 0 Å². The fourth-order valence-electron chi connectivity index (χ4n) is 4.61. The Morgan fingerprint density at radius 1 is 1.03 bits per heavy atom. The summed E-state index contributed by atoms with van der Waals surface area (Å²) in [6.45, 7) is 7.83. The molecule has 6 nitrogen and oxygen atoms in total. The zero-order valence-electron chi connectivity index (χ0n) is 19.1. The molecule has 0 bridgehead atoms. The monoisotopic (exact) mass is 426 g/mol. The van der Waals surface area contributed by atoms with Crippen LogP contribution < -0.4 is 14.4 Å². The summed E-state index contributed by atoms with van der Waals surface area (Å²) in [7, 11) is 3.33. The smallest absolute Gasteiger partial charge is 0.161 e. The lowest BCUT2D eigenvalue weighted by Crippen LogP contribution is -2.49. The van der Waals surface area contributed by atoms with Crippen LogP contribution >= 0.6 is 0 Å². The van der Waals surface area contributed by atoms with Gasteiger partial charge in [-0.25, -0.2) is 0 Å². The van der Waals surface area contributed by atoms with Gasteiger partial charge in [-0.2, -0.15) is 0 Å². The summed E-state index contributed by atoms with van der Waals surface area (Å²) < 4.78 is 16.5. The van der Waals surface area contributed by atoms with Crippen molar-refractivity contribution < 1.29 is 19.3 Å². The Kier molecular flexibility index (Phi) is 6.42. The molecule has 2 aliphatic rings. The zero-order chi connectivity index (χ0) is 22.0. The quantitative estimate of drug-likeness (QED) is 0.756. The zero-order valence-corrected chi connectivity index (χ0v) is 19.1. The summed E-state index contributed by atoms with van der Waals surface area (Å²) in [6, 6.07) is 13.0. The van der Waals surface area contributed by atoms with E-state index in [4.69, 9.17) is 14.2 Å². The molecule has 0 spiro atoms. The molecular formula is C25H34N2O4. The summed E-state index contributed by atoms with van der Waals surface area (Å²) in [5.41, 5.74) is 3.82. The molecule has 0 unspecified atom stereocenters. The summed E-state index contributed by atoms with van der Waals surface area (Å²) in [4.78, 5) is 4.98. The predicted octanol–water partition coefficient (Wildman–Crippen LogP) is 3.89. The number of rotatable bonds is 6. The highest BCUT2D eigenvalue weighted by Crippen LogP contribution is 2.36. The standard InChI is InChI=1S/C25H34N2O4/c1-25(2,28)20-6-7-22-19(14-20)16-26(17-27(22)21-9-11-31-12-10-21)15-18-5-8-23(29-3)24(13-18)30-4/h5-8,13-14,21,28H,9-12,15-17H2,1-4H3. The first-order chi connectivity index (χ1) is 14.9. The van der Waals surface area contributed by atoms with E-state index in [0.717, 1.165) is 62.9 Å². The van der Waals surface area contributed by atoms with Gasteiger partial charge in [0.25, 0.3) is 0 Å². The molecule has 0 amide bonds. The normalized spacial score (nSPS) is 18.0. The molecule has 168 valence electrons. The molecule has 0 atom stereocenters. The highest BCUT2D eigenvalue weighted by molar-refractivity contribution is 5.58. The Labute approximate surface area is 185 Å². The molecule has 0 radical (unpaired) electrons. The Bertz CT molecular complexity index is 903. The van der Waals surface area contributed by atoms with Gasteiger partial charge in [-0.15, -0.1) is 0 Å². The number of fused-ring (bicyclic) bond motifs is 1. The van der Waals surface area contributed by atoms with Gasteiger partial charge in [-0.05, 0) is 67.6 Å². The van der Waals surface area contributed by atoms with E-state index in [9.17, 15) is 5.11 Å². The van der Waals surface area contributed by atoms with Crippen LogP contribution in [0, 0.1) is 0 Å². The lowest BCUT2D eigenvalue weighted by molar-refractivity contribution is 0.0773. The van der Waals surface area contributed by atoms with Gasteiger partial charge < -0.3 is 24.2 Å². The van der Waals surface area contributed by atoms with Crippen molar-refractivity contribution in [3.8, 4) is 11.5 Å². The van der Waals surface area contributed by atoms with Crippen molar-refractivity contribution in [1.82, 2.24) is 4.90 Å². The molecule has 0 saturated carbocycles. The van der Waals surface area contributed by atoms with Crippen LogP contribution in [0.4, 0.5) is 5.69 Å². The third-order valence-corrected chi connectivity index (χ3v) is 6.33. The molecule has 2 heterocycles. The van der Waals surface area contributed by atoms with E-state index in [1.165, 1.54) is 16.8 Å². The van der Waals surface area contributed by atoms with E-state index in [-0.39, 0.29) is 0 Å². The molecular weight excluding hydrogens is 392 g/mol. The number of aliphatic hydroxyl groups is 1. The summed E-state index contributed by atoms with van der Waals surface area (Å²) >= 11 is 0. The van der Waals surface area contributed by atoms with Crippen LogP contribution in [0.25, 0.3) is 0 Å². The maximum absolute atomic E-state index is 10.5. The lowest BCUT2D eigenvalue weighted by Gasteiger charge is -2.44. The van der Waals surface area contributed by atoms with Gasteiger partial charge in [-0.3, -0.25) is 4.90 Å². The average Bonchev–Trinajstić information content (AvgIpc) is 2.78. The number of nitrogens with zero attached hydrogens (tertiary/aromatic N) is 2. The molecule has 1 saturated heterocycles. The average molecular weight is 427 g/mol. The number of benzene rings is 2. The first kappa shape index (κ1) is 21.9. The molecule has 0 aromatic heterocycles. The van der Waals surface area contributed by atoms with Crippen LogP contribution in [0.3, 0.4) is 0 Å². The second-order valence-electron chi connectivity index (χ2n) is 9.03. The van der Waals surface area contributed by atoms with E-state index in [1.807, 2.05) is 19.9 Å². The molecule has 1 N–H and O–H groups in total. The van der Waals surface area contributed by atoms with E-state index in [1.54, 1.807) is 14.2 Å². The third kappa shape index (κ3) is 4.81. The van der Waals surface area contributed by atoms with E-state index in [0.29, 0.717) is 6.04 Å². The molecule has 31 heavy (non-hydrogen) atoms. The molecule has 0 aliphatic carbocycles. The molecule has 2 aliphatic heterocycles. The predicted molar refractivity (Wildman–Crippen MR) is 122 cm³/mol. The number of hydrogen-bond donors (Lipinski definition) is 1. The van der Waals surface area contributed by atoms with Crippen molar-refractivity contribution in [2.45, 2.75) is 51.4 Å². The SMILES string of the molecule is COc1ccc(CN2Cc3cc(C(C)(C)O)ccc3N(C3CCOCC3)C2)cc1OC. The van der Waals surface area contributed by atoms with Crippen LogP contribution in [0.1, 0.15) is 43.4 Å². The van der Waals surface area contributed by atoms with Gasteiger partial charge >= 0.3 is 0 Å². The topological polar surface area (TPSA) is 54.4 Å². The minimum Gasteiger partial charge on any atom is -0.493 e. The van der Waals surface area contributed by atoms with E-state index >= 15 is 0 Å². The van der Waals surface area contributed by atoms with Crippen molar-refractivity contribution in [3.05, 3.63) is 53.1 Å². The Morgan fingerprint density at radius 2 is 1.77 bits per heavy atom. The van der Waals surface area contributed by atoms with Gasteiger partial charge in [0.2, 0.25) is 0 Å². The maximum atomic E-state index is 10.5. The second kappa shape index (κ2) is 9.07. The van der Waals surface area contributed by atoms with Crippen LogP contribution in [-0.4, -0.2) is 50.2 Å². The number of anilines is 1. The highest BCUT2D eigenvalue weighted by atomic mass is 16.5. The van der Waals surface area contributed by atoms with Crippen molar-refractivity contribution in [2.75, 3.05) is 39.0 Å².